The molecule has 6 heteroatoms. The number of pyridine rings is 1. The van der Waals surface area contributed by atoms with Crippen LogP contribution in [0.5, 0.6) is 5.75 Å². The minimum atomic E-state index is 0.555. The lowest BCUT2D eigenvalue weighted by atomic mass is 10.3. The summed E-state index contributed by atoms with van der Waals surface area (Å²) in [6, 6.07) is 17.3. The topological polar surface area (TPSA) is 50.5 Å². The molecule has 3 rings (SSSR count). The van der Waals surface area contributed by atoms with Gasteiger partial charge in [0, 0.05) is 18.0 Å². The smallest absolute Gasteiger partial charge is 0.174 e. The zero-order valence-electron chi connectivity index (χ0n) is 13.9. The Balaban J connectivity index is 1.76. The minimum absolute atomic E-state index is 0.555. The van der Waals surface area contributed by atoms with Crippen LogP contribution in [0.1, 0.15) is 11.5 Å². The summed E-state index contributed by atoms with van der Waals surface area (Å²) in [5.74, 6) is 1.61. The molecule has 0 atom stereocenters. The lowest BCUT2D eigenvalue weighted by Gasteiger charge is -2.25. The third kappa shape index (κ3) is 4.81. The maximum Gasteiger partial charge on any atom is 0.174 e. The van der Waals surface area contributed by atoms with Gasteiger partial charge in [0.1, 0.15) is 11.5 Å². The summed E-state index contributed by atoms with van der Waals surface area (Å²) in [6.07, 6.45) is 3.44. The molecule has 0 aliphatic rings. The van der Waals surface area contributed by atoms with Gasteiger partial charge in [-0.15, -0.1) is 0 Å². The molecule has 0 unspecified atom stereocenters. The standard InChI is InChI=1S/C19H19N3O2S/c1-23-17-8-4-7-15(12-17)21-19(25)22(14-18-9-5-11-24-18)13-16-6-2-3-10-20-16/h2-12H,13-14H2,1H3,(H,21,25). The van der Waals surface area contributed by atoms with E-state index >= 15 is 0 Å². The van der Waals surface area contributed by atoms with Crippen LogP contribution in [0.15, 0.2) is 71.5 Å². The fourth-order valence-electron chi connectivity index (χ4n) is 2.38. The number of nitrogens with one attached hydrogen (secondary N) is 1. The third-order valence-corrected chi connectivity index (χ3v) is 3.97. The van der Waals surface area contributed by atoms with Crippen LogP contribution in [0.4, 0.5) is 5.69 Å². The molecule has 0 radical (unpaired) electrons. The molecule has 2 heterocycles. The van der Waals surface area contributed by atoms with Crippen LogP contribution in [0.25, 0.3) is 0 Å². The van der Waals surface area contributed by atoms with Crippen LogP contribution in [0, 0.1) is 0 Å². The summed E-state index contributed by atoms with van der Waals surface area (Å²) in [4.78, 5) is 6.39. The van der Waals surface area contributed by atoms with Gasteiger partial charge in [0.25, 0.3) is 0 Å². The average Bonchev–Trinajstić information content (AvgIpc) is 3.15. The van der Waals surface area contributed by atoms with Gasteiger partial charge in [0.15, 0.2) is 5.11 Å². The Morgan fingerprint density at radius 2 is 2.08 bits per heavy atom. The van der Waals surface area contributed by atoms with Crippen molar-refractivity contribution in [2.24, 2.45) is 0 Å². The quantitative estimate of drug-likeness (QED) is 0.674. The van der Waals surface area contributed by atoms with Gasteiger partial charge in [-0.2, -0.15) is 0 Å². The Labute approximate surface area is 152 Å². The summed E-state index contributed by atoms with van der Waals surface area (Å²) >= 11 is 5.61. The number of rotatable bonds is 6. The number of furan rings is 1. The zero-order valence-corrected chi connectivity index (χ0v) is 14.7. The number of hydrogen-bond acceptors (Lipinski definition) is 4. The van der Waals surface area contributed by atoms with Gasteiger partial charge in [-0.1, -0.05) is 12.1 Å². The van der Waals surface area contributed by atoms with Crippen LogP contribution in [0.2, 0.25) is 0 Å². The number of anilines is 1. The maximum atomic E-state index is 5.61. The number of nitrogens with zero attached hydrogens (tertiary/aromatic N) is 2. The fraction of sp³-hybridized carbons (Fsp3) is 0.158. The van der Waals surface area contributed by atoms with E-state index in [1.807, 2.05) is 59.5 Å². The van der Waals surface area contributed by atoms with E-state index in [0.29, 0.717) is 18.2 Å². The first kappa shape index (κ1) is 17.0. The Morgan fingerprint density at radius 1 is 1.16 bits per heavy atom. The fourth-order valence-corrected chi connectivity index (χ4v) is 2.63. The van der Waals surface area contributed by atoms with Crippen LogP contribution < -0.4 is 10.1 Å². The van der Waals surface area contributed by atoms with Crippen molar-refractivity contribution in [2.45, 2.75) is 13.1 Å². The largest absolute Gasteiger partial charge is 0.497 e. The van der Waals surface area contributed by atoms with Gasteiger partial charge >= 0.3 is 0 Å². The first-order valence-electron chi connectivity index (χ1n) is 7.87. The van der Waals surface area contributed by atoms with Crippen LogP contribution in [-0.2, 0) is 13.1 Å². The highest BCUT2D eigenvalue weighted by atomic mass is 32.1. The Morgan fingerprint density at radius 3 is 2.80 bits per heavy atom. The predicted molar refractivity (Wildman–Crippen MR) is 101 cm³/mol. The second kappa shape index (κ2) is 8.30. The first-order valence-corrected chi connectivity index (χ1v) is 8.27. The van der Waals surface area contributed by atoms with E-state index in [-0.39, 0.29) is 0 Å². The molecule has 128 valence electrons. The Bertz CT molecular complexity index is 807. The van der Waals surface area contributed by atoms with E-state index in [0.717, 1.165) is 22.9 Å². The van der Waals surface area contributed by atoms with Crippen molar-refractivity contribution in [3.8, 4) is 5.75 Å². The molecule has 2 aromatic heterocycles. The van der Waals surface area contributed by atoms with Crippen molar-refractivity contribution in [1.29, 1.82) is 0 Å². The van der Waals surface area contributed by atoms with Crippen molar-refractivity contribution in [1.82, 2.24) is 9.88 Å². The normalized spacial score (nSPS) is 10.3. The van der Waals surface area contributed by atoms with Crippen LogP contribution in [-0.4, -0.2) is 22.1 Å². The second-order valence-electron chi connectivity index (χ2n) is 5.42. The summed E-state index contributed by atoms with van der Waals surface area (Å²) in [5, 5.41) is 3.85. The molecular formula is C19H19N3O2S. The predicted octanol–water partition coefficient (Wildman–Crippen LogP) is 4.08. The van der Waals surface area contributed by atoms with Crippen LogP contribution >= 0.6 is 12.2 Å². The van der Waals surface area contributed by atoms with E-state index in [2.05, 4.69) is 10.3 Å². The second-order valence-corrected chi connectivity index (χ2v) is 5.81. The number of thiocarbonyl (C=S) groups is 1. The average molecular weight is 353 g/mol. The molecular weight excluding hydrogens is 334 g/mol. The first-order chi connectivity index (χ1) is 12.2. The highest BCUT2D eigenvalue weighted by Gasteiger charge is 2.14. The van der Waals surface area contributed by atoms with Crippen molar-refractivity contribution in [3.05, 3.63) is 78.5 Å². The molecule has 0 spiro atoms. The molecule has 5 nitrogen and oxygen atoms in total. The Hall–Kier alpha value is -2.86. The lowest BCUT2D eigenvalue weighted by Crippen LogP contribution is -2.34. The molecule has 0 saturated heterocycles. The van der Waals surface area contributed by atoms with Gasteiger partial charge in [0.05, 0.1) is 32.2 Å². The van der Waals surface area contributed by atoms with E-state index in [4.69, 9.17) is 21.4 Å². The number of methoxy groups -OCH3 is 1. The lowest BCUT2D eigenvalue weighted by molar-refractivity contribution is 0.357. The molecule has 25 heavy (non-hydrogen) atoms. The summed E-state index contributed by atoms with van der Waals surface area (Å²) in [5.41, 5.74) is 1.80. The van der Waals surface area contributed by atoms with Gasteiger partial charge < -0.3 is 19.4 Å². The van der Waals surface area contributed by atoms with Gasteiger partial charge in [-0.05, 0) is 48.6 Å². The molecule has 1 N–H and O–H groups in total. The van der Waals surface area contributed by atoms with Gasteiger partial charge in [-0.25, -0.2) is 0 Å². The molecule has 0 bridgehead atoms. The summed E-state index contributed by atoms with van der Waals surface area (Å²) in [6.45, 7) is 1.14. The highest BCUT2D eigenvalue weighted by Crippen LogP contribution is 2.18. The summed E-state index contributed by atoms with van der Waals surface area (Å²) in [7, 11) is 1.64. The minimum Gasteiger partial charge on any atom is -0.497 e. The van der Waals surface area contributed by atoms with E-state index < -0.39 is 0 Å². The van der Waals surface area contributed by atoms with Crippen molar-refractivity contribution < 1.29 is 9.15 Å². The highest BCUT2D eigenvalue weighted by molar-refractivity contribution is 7.80. The maximum absolute atomic E-state index is 5.61. The zero-order chi connectivity index (χ0) is 17.5. The molecule has 0 fully saturated rings. The number of benzene rings is 1. The molecule has 0 saturated carbocycles. The van der Waals surface area contributed by atoms with Gasteiger partial charge in [-0.3, -0.25) is 4.98 Å². The van der Waals surface area contributed by atoms with Crippen LogP contribution in [0.3, 0.4) is 0 Å². The number of ether oxygens (including phenoxy) is 1. The number of aromatic nitrogens is 1. The van der Waals surface area contributed by atoms with E-state index in [1.54, 1.807) is 19.6 Å². The van der Waals surface area contributed by atoms with E-state index in [1.165, 1.54) is 0 Å². The third-order valence-electron chi connectivity index (χ3n) is 3.61. The monoisotopic (exact) mass is 353 g/mol. The molecule has 1 aromatic carbocycles. The molecule has 0 aliphatic carbocycles. The molecule has 0 aliphatic heterocycles. The molecule has 3 aromatic rings. The van der Waals surface area contributed by atoms with Crippen molar-refractivity contribution >= 4 is 23.0 Å². The SMILES string of the molecule is COc1cccc(NC(=S)N(Cc2ccccn2)Cc2ccco2)c1. The van der Waals surface area contributed by atoms with E-state index in [9.17, 15) is 0 Å². The van der Waals surface area contributed by atoms with Crippen molar-refractivity contribution in [2.75, 3.05) is 12.4 Å². The van der Waals surface area contributed by atoms with Gasteiger partial charge in [0.2, 0.25) is 0 Å². The van der Waals surface area contributed by atoms with Crippen molar-refractivity contribution in [3.63, 3.8) is 0 Å². The number of hydrogen-bond donors (Lipinski definition) is 1. The Kier molecular flexibility index (Phi) is 5.64. The summed E-state index contributed by atoms with van der Waals surface area (Å²) < 4.78 is 10.7. The molecule has 0 amide bonds.